The molecule has 0 saturated heterocycles. The van der Waals surface area contributed by atoms with Crippen molar-refractivity contribution >= 4 is 11.3 Å². The van der Waals surface area contributed by atoms with Gasteiger partial charge >= 0.3 is 0 Å². The van der Waals surface area contributed by atoms with Gasteiger partial charge in [-0.25, -0.2) is 0 Å². The van der Waals surface area contributed by atoms with E-state index in [-0.39, 0.29) is 0 Å². The molecule has 0 bridgehead atoms. The van der Waals surface area contributed by atoms with E-state index in [1.165, 1.54) is 40.0 Å². The summed E-state index contributed by atoms with van der Waals surface area (Å²) in [7, 11) is 0. The lowest BCUT2D eigenvalue weighted by Crippen LogP contribution is -2.15. The maximum atomic E-state index is 3.62. The summed E-state index contributed by atoms with van der Waals surface area (Å²) in [5.74, 6) is 0. The van der Waals surface area contributed by atoms with Crippen molar-refractivity contribution in [3.8, 4) is 11.1 Å². The van der Waals surface area contributed by atoms with Gasteiger partial charge in [-0.1, -0.05) is 23.8 Å². The van der Waals surface area contributed by atoms with Gasteiger partial charge in [0, 0.05) is 17.5 Å². The van der Waals surface area contributed by atoms with Crippen LogP contribution >= 0.6 is 11.3 Å². The highest BCUT2D eigenvalue weighted by atomic mass is 32.1. The maximum Gasteiger partial charge on any atom is 0.0214 e. The quantitative estimate of drug-likeness (QED) is 0.862. The Balaban J connectivity index is 1.94. The Morgan fingerprint density at radius 1 is 1.17 bits per heavy atom. The molecule has 2 heteroatoms. The Morgan fingerprint density at radius 3 is 2.67 bits per heavy atom. The van der Waals surface area contributed by atoms with Crippen LogP contribution in [-0.4, -0.2) is 6.04 Å². The predicted octanol–water partition coefficient (Wildman–Crippen LogP) is 4.28. The zero-order valence-corrected chi connectivity index (χ0v) is 11.8. The van der Waals surface area contributed by atoms with E-state index in [0.29, 0.717) is 0 Å². The molecule has 3 rings (SSSR count). The summed E-state index contributed by atoms with van der Waals surface area (Å²) < 4.78 is 0. The average molecular weight is 257 g/mol. The van der Waals surface area contributed by atoms with Crippen molar-refractivity contribution in [1.29, 1.82) is 0 Å². The topological polar surface area (TPSA) is 12.0 Å². The summed E-state index contributed by atoms with van der Waals surface area (Å²) in [5, 5.41) is 5.80. The van der Waals surface area contributed by atoms with Crippen LogP contribution in [0.15, 0.2) is 29.6 Å². The van der Waals surface area contributed by atoms with Gasteiger partial charge in [-0.15, -0.1) is 11.3 Å². The predicted molar refractivity (Wildman–Crippen MR) is 79.1 cm³/mol. The van der Waals surface area contributed by atoms with Crippen molar-refractivity contribution in [2.24, 2.45) is 0 Å². The molecule has 0 amide bonds. The zero-order chi connectivity index (χ0) is 12.5. The molecule has 1 aromatic heterocycles. The van der Waals surface area contributed by atoms with Crippen LogP contribution in [0.25, 0.3) is 11.1 Å². The first-order valence-electron chi connectivity index (χ1n) is 6.61. The van der Waals surface area contributed by atoms with Crippen LogP contribution in [0.4, 0.5) is 0 Å². The van der Waals surface area contributed by atoms with Crippen LogP contribution in [0.5, 0.6) is 0 Å². The summed E-state index contributed by atoms with van der Waals surface area (Å²) in [6.45, 7) is 5.37. The van der Waals surface area contributed by atoms with Gasteiger partial charge in [-0.3, -0.25) is 0 Å². The van der Waals surface area contributed by atoms with Crippen molar-refractivity contribution < 1.29 is 0 Å². The van der Waals surface area contributed by atoms with Gasteiger partial charge in [0.1, 0.15) is 0 Å². The fourth-order valence-electron chi connectivity index (χ4n) is 2.30. The van der Waals surface area contributed by atoms with Gasteiger partial charge in [0.15, 0.2) is 0 Å². The highest BCUT2D eigenvalue weighted by Crippen LogP contribution is 2.31. The van der Waals surface area contributed by atoms with Crippen LogP contribution in [0.3, 0.4) is 0 Å². The second-order valence-corrected chi connectivity index (χ2v) is 6.33. The Hall–Kier alpha value is -1.12. The van der Waals surface area contributed by atoms with Gasteiger partial charge in [-0.2, -0.15) is 0 Å². The summed E-state index contributed by atoms with van der Waals surface area (Å²) in [6, 6.07) is 9.82. The number of thiophene rings is 1. The van der Waals surface area contributed by atoms with E-state index in [9.17, 15) is 0 Å². The van der Waals surface area contributed by atoms with Crippen molar-refractivity contribution in [3.63, 3.8) is 0 Å². The highest BCUT2D eigenvalue weighted by molar-refractivity contribution is 7.10. The first-order valence-corrected chi connectivity index (χ1v) is 7.49. The van der Waals surface area contributed by atoms with Crippen LogP contribution in [0.1, 0.15) is 28.8 Å². The maximum absolute atomic E-state index is 3.62. The van der Waals surface area contributed by atoms with Crippen LogP contribution in [-0.2, 0) is 6.54 Å². The molecule has 1 heterocycles. The number of rotatable bonds is 4. The normalized spacial score (nSPS) is 15.0. The fourth-order valence-corrected chi connectivity index (χ4v) is 3.01. The lowest BCUT2D eigenvalue weighted by molar-refractivity contribution is 0.688. The van der Waals surface area contributed by atoms with Crippen molar-refractivity contribution in [2.75, 3.05) is 0 Å². The molecule has 1 saturated carbocycles. The molecule has 1 N–H and O–H groups in total. The number of benzene rings is 1. The monoisotopic (exact) mass is 257 g/mol. The van der Waals surface area contributed by atoms with E-state index in [1.54, 1.807) is 0 Å². The van der Waals surface area contributed by atoms with E-state index in [0.717, 1.165) is 12.6 Å². The van der Waals surface area contributed by atoms with Gasteiger partial charge in [0.25, 0.3) is 0 Å². The van der Waals surface area contributed by atoms with Crippen LogP contribution in [0, 0.1) is 13.8 Å². The number of hydrogen-bond acceptors (Lipinski definition) is 2. The Kier molecular flexibility index (Phi) is 3.23. The third kappa shape index (κ3) is 2.50. The average Bonchev–Trinajstić information content (AvgIpc) is 3.09. The molecule has 1 nitrogen and oxygen atoms in total. The molecule has 94 valence electrons. The molecule has 0 unspecified atom stereocenters. The summed E-state index contributed by atoms with van der Waals surface area (Å²) in [6.07, 6.45) is 2.69. The number of nitrogens with one attached hydrogen (secondary N) is 1. The van der Waals surface area contributed by atoms with Crippen LogP contribution < -0.4 is 5.32 Å². The third-order valence-corrected chi connectivity index (χ3v) is 4.42. The molecule has 1 aliphatic rings. The van der Waals surface area contributed by atoms with Crippen molar-refractivity contribution in [2.45, 2.75) is 39.3 Å². The molecule has 1 aromatic carbocycles. The first kappa shape index (κ1) is 11.9. The van der Waals surface area contributed by atoms with Crippen molar-refractivity contribution in [1.82, 2.24) is 5.32 Å². The largest absolute Gasteiger partial charge is 0.310 e. The van der Waals surface area contributed by atoms with Gasteiger partial charge in [0.2, 0.25) is 0 Å². The minimum absolute atomic E-state index is 0.766. The van der Waals surface area contributed by atoms with Crippen molar-refractivity contribution in [3.05, 3.63) is 45.6 Å². The SMILES string of the molecule is Cc1ccc(CNC2CC2)c(-c2ccsc2C)c1. The number of aryl methyl sites for hydroxylation is 2. The standard InChI is InChI=1S/C16H19NS/c1-11-3-4-13(10-17-14-5-6-14)16(9-11)15-7-8-18-12(15)2/h3-4,7-9,14,17H,5-6,10H2,1-2H3. The smallest absolute Gasteiger partial charge is 0.0214 e. The molecular formula is C16H19NS. The summed E-state index contributed by atoms with van der Waals surface area (Å²) >= 11 is 1.83. The molecule has 0 atom stereocenters. The lowest BCUT2D eigenvalue weighted by atomic mass is 9.98. The van der Waals surface area contributed by atoms with Gasteiger partial charge in [-0.05, 0) is 54.8 Å². The van der Waals surface area contributed by atoms with E-state index in [4.69, 9.17) is 0 Å². The second-order valence-electron chi connectivity index (χ2n) is 5.21. The van der Waals surface area contributed by atoms with E-state index >= 15 is 0 Å². The minimum atomic E-state index is 0.766. The Labute approximate surface area is 113 Å². The first-order chi connectivity index (χ1) is 8.74. The molecular weight excluding hydrogens is 238 g/mol. The molecule has 0 aliphatic heterocycles. The molecule has 0 spiro atoms. The third-order valence-electron chi connectivity index (χ3n) is 3.57. The summed E-state index contributed by atoms with van der Waals surface area (Å²) in [5.41, 5.74) is 5.57. The molecule has 2 aromatic rings. The minimum Gasteiger partial charge on any atom is -0.310 e. The van der Waals surface area contributed by atoms with Crippen LogP contribution in [0.2, 0.25) is 0 Å². The molecule has 1 aliphatic carbocycles. The lowest BCUT2D eigenvalue weighted by Gasteiger charge is -2.11. The van der Waals surface area contributed by atoms with E-state index < -0.39 is 0 Å². The zero-order valence-electron chi connectivity index (χ0n) is 11.0. The highest BCUT2D eigenvalue weighted by Gasteiger charge is 2.20. The Morgan fingerprint density at radius 2 is 2.00 bits per heavy atom. The molecule has 1 fully saturated rings. The molecule has 0 radical (unpaired) electrons. The van der Waals surface area contributed by atoms with Gasteiger partial charge in [0.05, 0.1) is 0 Å². The summed E-state index contributed by atoms with van der Waals surface area (Å²) in [4.78, 5) is 1.41. The second kappa shape index (κ2) is 4.87. The van der Waals surface area contributed by atoms with E-state index in [1.807, 2.05) is 11.3 Å². The number of hydrogen-bond donors (Lipinski definition) is 1. The van der Waals surface area contributed by atoms with Gasteiger partial charge < -0.3 is 5.32 Å². The fraction of sp³-hybridized carbons (Fsp3) is 0.375. The van der Waals surface area contributed by atoms with E-state index in [2.05, 4.69) is 48.8 Å². The molecule has 18 heavy (non-hydrogen) atoms. The Bertz CT molecular complexity index is 552.